The van der Waals surface area contributed by atoms with E-state index in [9.17, 15) is 20.4 Å². The van der Waals surface area contributed by atoms with Gasteiger partial charge in [0.2, 0.25) is 0 Å². The van der Waals surface area contributed by atoms with Gasteiger partial charge in [0.25, 0.3) is 0 Å². The summed E-state index contributed by atoms with van der Waals surface area (Å²) in [7, 11) is 3.91. The normalized spacial score (nSPS) is 16.1. The summed E-state index contributed by atoms with van der Waals surface area (Å²) < 4.78 is 2.35. The van der Waals surface area contributed by atoms with Crippen LogP contribution in [0.2, 0.25) is 0 Å². The number of aliphatic hydroxyl groups is 4. The van der Waals surface area contributed by atoms with Crippen molar-refractivity contribution in [3.05, 3.63) is 118 Å². The average molecular weight is 773 g/mol. The maximum atomic E-state index is 9.38. The second-order valence-electron chi connectivity index (χ2n) is 13.9. The molecule has 54 heavy (non-hydrogen) atoms. The highest BCUT2D eigenvalue weighted by atomic mass is 33.1. The molecule has 0 radical (unpaired) electrons. The molecule has 0 spiro atoms. The average Bonchev–Trinajstić information content (AvgIpc) is 3.18. The number of allylic oxidation sites excluding steroid dienone is 5. The minimum atomic E-state index is 0.0652. The fourth-order valence-corrected chi connectivity index (χ4v) is 9.28. The number of nitrogens with two attached hydrogens (primary N) is 1. The van der Waals surface area contributed by atoms with Crippen molar-refractivity contribution in [3.8, 4) is 0 Å². The summed E-state index contributed by atoms with van der Waals surface area (Å²) >= 11 is 0. The predicted molar refractivity (Wildman–Crippen MR) is 228 cm³/mol. The molecule has 290 valence electrons. The van der Waals surface area contributed by atoms with Crippen molar-refractivity contribution in [2.24, 2.45) is 0 Å². The Hall–Kier alpha value is -3.35. The predicted octanol–water partition coefficient (Wildman–Crippen LogP) is 5.48. The molecule has 0 fully saturated rings. The number of hydrogen-bond acceptors (Lipinski definition) is 8. The number of pyridine rings is 1. The van der Waals surface area contributed by atoms with E-state index in [1.165, 1.54) is 51.0 Å². The molecule has 6 N–H and O–H groups in total. The fourth-order valence-electron chi connectivity index (χ4n) is 7.31. The van der Waals surface area contributed by atoms with E-state index in [4.69, 9.17) is 0 Å². The van der Waals surface area contributed by atoms with Crippen LogP contribution in [0.15, 0.2) is 96.0 Å². The van der Waals surface area contributed by atoms with E-state index in [-0.39, 0.29) is 26.4 Å². The molecule has 10 heteroatoms. The van der Waals surface area contributed by atoms with Crippen LogP contribution in [0.3, 0.4) is 0 Å². The Bertz CT molecular complexity index is 1710. The number of hydrogen-bond donors (Lipinski definition) is 5. The Morgan fingerprint density at radius 1 is 0.685 bits per heavy atom. The van der Waals surface area contributed by atoms with Gasteiger partial charge in [0.1, 0.15) is 0 Å². The van der Waals surface area contributed by atoms with Crippen LogP contribution < -0.4 is 19.7 Å². The zero-order valence-electron chi connectivity index (χ0n) is 31.9. The number of quaternary nitrogens is 1. The molecule has 3 aromatic rings. The van der Waals surface area contributed by atoms with Crippen LogP contribution >= 0.6 is 21.6 Å². The van der Waals surface area contributed by atoms with Crippen molar-refractivity contribution in [1.82, 2.24) is 0 Å². The van der Waals surface area contributed by atoms with Gasteiger partial charge in [-0.2, -0.15) is 0 Å². The lowest BCUT2D eigenvalue weighted by molar-refractivity contribution is -0.692. The van der Waals surface area contributed by atoms with Crippen molar-refractivity contribution < 1.29 is 30.3 Å². The molecule has 0 saturated carbocycles. The number of aliphatic hydroxyl groups excluding tert-OH is 4. The van der Waals surface area contributed by atoms with E-state index in [2.05, 4.69) is 108 Å². The number of rotatable bonds is 21. The van der Waals surface area contributed by atoms with Crippen molar-refractivity contribution in [1.29, 1.82) is 0 Å². The van der Waals surface area contributed by atoms with Crippen LogP contribution in [-0.2, 0) is 13.0 Å². The van der Waals surface area contributed by atoms with Crippen LogP contribution in [0.1, 0.15) is 61.3 Å². The van der Waals surface area contributed by atoms with E-state index >= 15 is 0 Å². The zero-order valence-corrected chi connectivity index (χ0v) is 33.5. The maximum Gasteiger partial charge on any atom is 0.172 e. The Morgan fingerprint density at radius 3 is 1.85 bits per heavy atom. The van der Waals surface area contributed by atoms with Crippen molar-refractivity contribution in [2.45, 2.75) is 52.0 Å². The van der Waals surface area contributed by atoms with Crippen LogP contribution in [0.25, 0.3) is 17.7 Å². The zero-order chi connectivity index (χ0) is 38.0. The Kier molecular flexibility index (Phi) is 17.7. The molecule has 0 saturated heterocycles. The second kappa shape index (κ2) is 22.9. The lowest BCUT2D eigenvalue weighted by Gasteiger charge is -2.23. The first-order chi connectivity index (χ1) is 26.5. The lowest BCUT2D eigenvalue weighted by atomic mass is 9.87. The van der Waals surface area contributed by atoms with Gasteiger partial charge in [-0.25, -0.2) is 4.57 Å². The minimum absolute atomic E-state index is 0.0652. The Morgan fingerprint density at radius 2 is 1.24 bits per heavy atom. The Labute approximate surface area is 330 Å². The molecule has 1 heterocycles. The van der Waals surface area contributed by atoms with E-state index in [1.54, 1.807) is 0 Å². The summed E-state index contributed by atoms with van der Waals surface area (Å²) in [5.74, 6) is 2.17. The SMILES string of the molecule is CC1=C(C=C[NH2+]CCSSCC[n+]2ccc3c(c2)CCCC3=Cc2ccc(N(CCO)CCO)cc2)C(=Cc2ccc(N(CCO)CCO)cc2)CCC1. The fraction of sp³-hybridized carbons (Fsp3) is 0.432. The molecule has 0 aliphatic heterocycles. The van der Waals surface area contributed by atoms with Crippen LogP contribution in [-0.4, -0.2) is 91.1 Å². The smallest absolute Gasteiger partial charge is 0.172 e. The third kappa shape index (κ3) is 12.6. The number of benzene rings is 2. The number of anilines is 2. The van der Waals surface area contributed by atoms with Gasteiger partial charge in [0.05, 0.1) is 50.7 Å². The monoisotopic (exact) mass is 772 g/mol. The molecule has 5 rings (SSSR count). The molecule has 0 atom stereocenters. The number of nitrogens with zero attached hydrogens (tertiary/aromatic N) is 3. The van der Waals surface area contributed by atoms with E-state index in [0.717, 1.165) is 68.1 Å². The molecular weight excluding hydrogens is 713 g/mol. The molecule has 1 aromatic heterocycles. The van der Waals surface area contributed by atoms with Gasteiger partial charge < -0.3 is 35.5 Å². The van der Waals surface area contributed by atoms with Crippen molar-refractivity contribution in [3.63, 3.8) is 0 Å². The highest BCUT2D eigenvalue weighted by Gasteiger charge is 2.18. The summed E-state index contributed by atoms with van der Waals surface area (Å²) in [6, 6.07) is 19.1. The first-order valence-electron chi connectivity index (χ1n) is 19.5. The number of aryl methyl sites for hydroxylation is 2. The summed E-state index contributed by atoms with van der Waals surface area (Å²) in [6.07, 6.45) is 20.5. The number of fused-ring (bicyclic) bond motifs is 1. The summed E-state index contributed by atoms with van der Waals surface area (Å²) in [6.45, 7) is 6.63. The van der Waals surface area contributed by atoms with Crippen molar-refractivity contribution in [2.75, 3.05) is 80.5 Å². The van der Waals surface area contributed by atoms with Crippen LogP contribution in [0.5, 0.6) is 0 Å². The van der Waals surface area contributed by atoms with E-state index < -0.39 is 0 Å². The molecule has 0 unspecified atom stereocenters. The molecule has 8 nitrogen and oxygen atoms in total. The Balaban J connectivity index is 1.05. The highest BCUT2D eigenvalue weighted by molar-refractivity contribution is 8.76. The van der Waals surface area contributed by atoms with Crippen LogP contribution in [0.4, 0.5) is 11.4 Å². The second-order valence-corrected chi connectivity index (χ2v) is 16.6. The lowest BCUT2D eigenvalue weighted by Crippen LogP contribution is -2.78. The topological polar surface area (TPSA) is 108 Å². The van der Waals surface area contributed by atoms with E-state index in [1.807, 2.05) is 31.4 Å². The van der Waals surface area contributed by atoms with Gasteiger partial charge in [-0.1, -0.05) is 63.6 Å². The van der Waals surface area contributed by atoms with Crippen LogP contribution in [0, 0.1) is 0 Å². The molecule has 2 aliphatic rings. The van der Waals surface area contributed by atoms with Gasteiger partial charge in [-0.15, -0.1) is 0 Å². The largest absolute Gasteiger partial charge is 0.395 e. The van der Waals surface area contributed by atoms with Gasteiger partial charge in [0, 0.05) is 49.2 Å². The third-order valence-corrected chi connectivity index (χ3v) is 12.5. The first kappa shape index (κ1) is 41.8. The van der Waals surface area contributed by atoms with Gasteiger partial charge in [0.15, 0.2) is 18.9 Å². The highest BCUT2D eigenvalue weighted by Crippen LogP contribution is 2.33. The maximum absolute atomic E-state index is 9.38. The minimum Gasteiger partial charge on any atom is -0.395 e. The summed E-state index contributed by atoms with van der Waals surface area (Å²) in [5, 5.41) is 39.8. The van der Waals surface area contributed by atoms with Gasteiger partial charge in [-0.3, -0.25) is 0 Å². The quantitative estimate of drug-likeness (QED) is 0.0552. The standard InChI is InChI=1S/C44H59N4O4S2/c1-35-4-2-5-38(32-36-8-12-41(13-9-36)47(21-26-49)22-27-50)43(35)16-18-45-19-30-53-54-31-25-46-20-17-44-39(6-3-7-40(44)34-46)33-37-10-14-42(15-11-37)48(23-28-51)24-29-52/h8-18,20,32-34,45,49-52H,2-7,19,21-31H2,1H3/q+1/p+1. The summed E-state index contributed by atoms with van der Waals surface area (Å²) in [5.41, 5.74) is 12.8. The van der Waals surface area contributed by atoms with Gasteiger partial charge >= 0.3 is 0 Å². The molecule has 2 aliphatic carbocycles. The number of aromatic nitrogens is 1. The van der Waals surface area contributed by atoms with E-state index in [0.29, 0.717) is 26.2 Å². The molecule has 0 bridgehead atoms. The molecule has 2 aromatic carbocycles. The molecular formula is C44H60N4O4S2+2. The summed E-state index contributed by atoms with van der Waals surface area (Å²) in [4.78, 5) is 4.01. The third-order valence-electron chi connectivity index (χ3n) is 10.1. The van der Waals surface area contributed by atoms with Crippen molar-refractivity contribution >= 4 is 50.7 Å². The molecule has 0 amide bonds. The van der Waals surface area contributed by atoms with Gasteiger partial charge in [-0.05, 0) is 109 Å². The first-order valence-corrected chi connectivity index (χ1v) is 22.0.